The highest BCUT2D eigenvalue weighted by atomic mass is 79.9. The first-order valence-electron chi connectivity index (χ1n) is 4.96. The Morgan fingerprint density at radius 2 is 2.25 bits per heavy atom. The molecule has 0 spiro atoms. The smallest absolute Gasteiger partial charge is 0.139 e. The highest BCUT2D eigenvalue weighted by molar-refractivity contribution is 9.10. The van der Waals surface area contributed by atoms with Crippen molar-refractivity contribution in [1.29, 1.82) is 5.26 Å². The number of nitrogens with two attached hydrogens (primary N) is 1. The lowest BCUT2D eigenvalue weighted by molar-refractivity contribution is 0.621. The van der Waals surface area contributed by atoms with Crippen LogP contribution >= 0.6 is 15.9 Å². The number of halogens is 2. The second kappa shape index (κ2) is 5.71. The summed E-state index contributed by atoms with van der Waals surface area (Å²) in [7, 11) is 0. The van der Waals surface area contributed by atoms with Crippen molar-refractivity contribution in [3.05, 3.63) is 22.4 Å². The molecular weight excluding hydrogens is 273 g/mol. The zero-order chi connectivity index (χ0) is 12.1. The predicted octanol–water partition coefficient (Wildman–Crippen LogP) is 2.91. The molecule has 0 radical (unpaired) electrons. The number of rotatable bonds is 4. The lowest BCUT2D eigenvalue weighted by Gasteiger charge is -2.23. The lowest BCUT2D eigenvalue weighted by atomic mass is 10.2. The van der Waals surface area contributed by atoms with Gasteiger partial charge in [0.2, 0.25) is 0 Å². The normalized spacial score (nSPS) is 9.88. The molecule has 0 amide bonds. The van der Waals surface area contributed by atoms with Gasteiger partial charge in [0.05, 0.1) is 28.3 Å². The lowest BCUT2D eigenvalue weighted by Crippen LogP contribution is -2.24. The van der Waals surface area contributed by atoms with E-state index in [1.165, 1.54) is 6.07 Å². The zero-order valence-corrected chi connectivity index (χ0v) is 10.6. The van der Waals surface area contributed by atoms with Crippen LogP contribution in [0.1, 0.15) is 13.3 Å². The van der Waals surface area contributed by atoms with Crippen LogP contribution in [0.15, 0.2) is 16.6 Å². The first-order valence-corrected chi connectivity index (χ1v) is 5.75. The minimum Gasteiger partial charge on any atom is -0.397 e. The van der Waals surface area contributed by atoms with Crippen LogP contribution in [-0.4, -0.2) is 13.1 Å². The molecule has 0 unspecified atom stereocenters. The summed E-state index contributed by atoms with van der Waals surface area (Å²) >= 11 is 3.12. The summed E-state index contributed by atoms with van der Waals surface area (Å²) in [6.07, 6.45) is 0.419. The summed E-state index contributed by atoms with van der Waals surface area (Å²) in [4.78, 5) is 1.95. The van der Waals surface area contributed by atoms with Crippen molar-refractivity contribution in [3.63, 3.8) is 0 Å². The number of nitriles is 1. The van der Waals surface area contributed by atoms with E-state index in [9.17, 15) is 4.39 Å². The fourth-order valence-electron chi connectivity index (χ4n) is 1.46. The van der Waals surface area contributed by atoms with Gasteiger partial charge in [-0.25, -0.2) is 4.39 Å². The van der Waals surface area contributed by atoms with E-state index in [1.807, 2.05) is 11.8 Å². The number of benzene rings is 1. The summed E-state index contributed by atoms with van der Waals surface area (Å²) in [5.41, 5.74) is 6.90. The Balaban J connectivity index is 3.01. The molecule has 1 aromatic rings. The van der Waals surface area contributed by atoms with Gasteiger partial charge in [0.1, 0.15) is 5.82 Å². The summed E-state index contributed by atoms with van der Waals surface area (Å²) in [5.74, 6) is -0.377. The molecule has 0 fully saturated rings. The van der Waals surface area contributed by atoms with Crippen molar-refractivity contribution in [2.24, 2.45) is 0 Å². The van der Waals surface area contributed by atoms with Crippen molar-refractivity contribution >= 4 is 27.3 Å². The molecule has 0 atom stereocenters. The molecule has 16 heavy (non-hydrogen) atoms. The number of nitrogens with zero attached hydrogens (tertiary/aromatic N) is 2. The predicted molar refractivity (Wildman–Crippen MR) is 66.6 cm³/mol. The molecule has 0 aliphatic heterocycles. The maximum Gasteiger partial charge on any atom is 0.139 e. The van der Waals surface area contributed by atoms with E-state index in [1.54, 1.807) is 6.07 Å². The minimum atomic E-state index is -0.377. The van der Waals surface area contributed by atoms with Gasteiger partial charge >= 0.3 is 0 Å². The summed E-state index contributed by atoms with van der Waals surface area (Å²) < 4.78 is 13.6. The van der Waals surface area contributed by atoms with E-state index in [0.717, 1.165) is 12.2 Å². The van der Waals surface area contributed by atoms with E-state index in [2.05, 4.69) is 22.0 Å². The topological polar surface area (TPSA) is 53.0 Å². The fourth-order valence-corrected chi connectivity index (χ4v) is 1.79. The third-order valence-corrected chi connectivity index (χ3v) is 2.89. The molecular formula is C11H13BrFN3. The standard InChI is InChI=1S/C11H13BrFN3/c1-2-16(5-3-4-14)11-6-8(12)9(13)7-10(11)15/h6-7H,2-3,5,15H2,1H3. The van der Waals surface area contributed by atoms with E-state index in [0.29, 0.717) is 23.1 Å². The average Bonchev–Trinajstić information content (AvgIpc) is 2.26. The van der Waals surface area contributed by atoms with Crippen molar-refractivity contribution in [3.8, 4) is 6.07 Å². The molecule has 0 aliphatic carbocycles. The Kier molecular flexibility index (Phi) is 4.56. The summed E-state index contributed by atoms with van der Waals surface area (Å²) in [6.45, 7) is 3.29. The second-order valence-corrected chi connectivity index (χ2v) is 4.17. The Bertz CT molecular complexity index is 414. The number of hydrogen-bond donors (Lipinski definition) is 1. The largest absolute Gasteiger partial charge is 0.397 e. The fraction of sp³-hybridized carbons (Fsp3) is 0.364. The van der Waals surface area contributed by atoms with Crippen LogP contribution in [0, 0.1) is 17.1 Å². The maximum absolute atomic E-state index is 13.2. The molecule has 3 nitrogen and oxygen atoms in total. The second-order valence-electron chi connectivity index (χ2n) is 3.31. The van der Waals surface area contributed by atoms with Crippen LogP contribution in [0.4, 0.5) is 15.8 Å². The van der Waals surface area contributed by atoms with Gasteiger partial charge in [-0.05, 0) is 28.9 Å². The van der Waals surface area contributed by atoms with Gasteiger partial charge in [0.25, 0.3) is 0 Å². The molecule has 0 saturated carbocycles. The molecule has 0 saturated heterocycles. The van der Waals surface area contributed by atoms with E-state index >= 15 is 0 Å². The van der Waals surface area contributed by atoms with E-state index in [-0.39, 0.29) is 5.82 Å². The third-order valence-electron chi connectivity index (χ3n) is 2.29. The SMILES string of the molecule is CCN(CCC#N)c1cc(Br)c(F)cc1N. The highest BCUT2D eigenvalue weighted by Gasteiger charge is 2.11. The van der Waals surface area contributed by atoms with Gasteiger partial charge in [-0.2, -0.15) is 5.26 Å². The van der Waals surface area contributed by atoms with Crippen LogP contribution in [0.2, 0.25) is 0 Å². The molecule has 0 aliphatic rings. The van der Waals surface area contributed by atoms with Crippen molar-refractivity contribution in [1.82, 2.24) is 0 Å². The van der Waals surface area contributed by atoms with Crippen molar-refractivity contribution < 1.29 is 4.39 Å². The Labute approximate surface area is 103 Å². The minimum absolute atomic E-state index is 0.377. The van der Waals surface area contributed by atoms with Gasteiger partial charge in [-0.1, -0.05) is 0 Å². The molecule has 0 heterocycles. The Morgan fingerprint density at radius 1 is 1.56 bits per heavy atom. The van der Waals surface area contributed by atoms with Gasteiger partial charge in [-0.3, -0.25) is 0 Å². The molecule has 5 heteroatoms. The Hall–Kier alpha value is -1.28. The number of anilines is 2. The molecule has 86 valence electrons. The first-order chi connectivity index (χ1) is 7.60. The number of nitrogen functional groups attached to an aromatic ring is 1. The molecule has 0 bridgehead atoms. The van der Waals surface area contributed by atoms with Crippen LogP contribution in [-0.2, 0) is 0 Å². The average molecular weight is 286 g/mol. The number of hydrogen-bond acceptors (Lipinski definition) is 3. The van der Waals surface area contributed by atoms with E-state index < -0.39 is 0 Å². The molecule has 2 N–H and O–H groups in total. The summed E-state index contributed by atoms with van der Waals surface area (Å²) in [6, 6.07) is 5.01. The first kappa shape index (κ1) is 12.8. The van der Waals surface area contributed by atoms with Crippen molar-refractivity contribution in [2.45, 2.75) is 13.3 Å². The van der Waals surface area contributed by atoms with Gasteiger partial charge < -0.3 is 10.6 Å². The maximum atomic E-state index is 13.2. The zero-order valence-electron chi connectivity index (χ0n) is 9.00. The highest BCUT2D eigenvalue weighted by Crippen LogP contribution is 2.29. The molecule has 1 aromatic carbocycles. The molecule has 0 aromatic heterocycles. The van der Waals surface area contributed by atoms with Gasteiger partial charge in [0, 0.05) is 19.2 Å². The van der Waals surface area contributed by atoms with Gasteiger partial charge in [0.15, 0.2) is 0 Å². The van der Waals surface area contributed by atoms with E-state index in [4.69, 9.17) is 11.0 Å². The van der Waals surface area contributed by atoms with Crippen LogP contribution in [0.25, 0.3) is 0 Å². The van der Waals surface area contributed by atoms with Crippen LogP contribution in [0.5, 0.6) is 0 Å². The third kappa shape index (κ3) is 2.86. The quantitative estimate of drug-likeness (QED) is 0.866. The van der Waals surface area contributed by atoms with Crippen LogP contribution < -0.4 is 10.6 Å². The molecule has 1 rings (SSSR count). The summed E-state index contributed by atoms with van der Waals surface area (Å²) in [5, 5.41) is 8.55. The van der Waals surface area contributed by atoms with Gasteiger partial charge in [-0.15, -0.1) is 0 Å². The monoisotopic (exact) mass is 285 g/mol. The Morgan fingerprint density at radius 3 is 2.81 bits per heavy atom. The van der Waals surface area contributed by atoms with Crippen LogP contribution in [0.3, 0.4) is 0 Å². The van der Waals surface area contributed by atoms with Crippen molar-refractivity contribution in [2.75, 3.05) is 23.7 Å².